The standard InChI is InChI=1S/C12H21N3O2S.ClH/c1-9-11(10(2)17-15-9)7-18-8-12(16)14-6-4-5-13-3;/h13H,4-8H2,1-3H3,(H,14,16);1H. The largest absolute Gasteiger partial charge is 0.361 e. The zero-order valence-electron chi connectivity index (χ0n) is 11.6. The summed E-state index contributed by atoms with van der Waals surface area (Å²) in [7, 11) is 1.90. The number of aryl methyl sites for hydroxylation is 2. The Kier molecular flexibility index (Phi) is 9.73. The van der Waals surface area contributed by atoms with Gasteiger partial charge in [-0.05, 0) is 33.9 Å². The lowest BCUT2D eigenvalue weighted by Crippen LogP contribution is -2.28. The molecule has 1 rings (SSSR count). The molecule has 0 atom stereocenters. The van der Waals surface area contributed by atoms with Gasteiger partial charge in [-0.25, -0.2) is 0 Å². The normalized spacial score (nSPS) is 10.1. The SMILES string of the molecule is CNCCCNC(=O)CSCc1c(C)noc1C.Cl. The first-order valence-electron chi connectivity index (χ1n) is 6.06. The topological polar surface area (TPSA) is 67.2 Å². The molecule has 19 heavy (non-hydrogen) atoms. The summed E-state index contributed by atoms with van der Waals surface area (Å²) >= 11 is 1.58. The summed E-state index contributed by atoms with van der Waals surface area (Å²) in [4.78, 5) is 11.5. The molecule has 0 bridgehead atoms. The minimum Gasteiger partial charge on any atom is -0.361 e. The molecule has 0 fully saturated rings. The van der Waals surface area contributed by atoms with Gasteiger partial charge in [-0.2, -0.15) is 0 Å². The number of nitrogens with one attached hydrogen (secondary N) is 2. The molecule has 0 aliphatic rings. The average molecular weight is 308 g/mol. The van der Waals surface area contributed by atoms with Crippen molar-refractivity contribution in [2.75, 3.05) is 25.9 Å². The first kappa shape index (κ1) is 18.3. The van der Waals surface area contributed by atoms with E-state index in [1.807, 2.05) is 20.9 Å². The highest BCUT2D eigenvalue weighted by Crippen LogP contribution is 2.19. The Morgan fingerprint density at radius 2 is 2.11 bits per heavy atom. The molecule has 0 aliphatic heterocycles. The fourth-order valence-corrected chi connectivity index (χ4v) is 2.50. The van der Waals surface area contributed by atoms with Crippen LogP contribution in [0.15, 0.2) is 4.52 Å². The first-order chi connectivity index (χ1) is 8.65. The van der Waals surface area contributed by atoms with Crippen LogP contribution >= 0.6 is 24.2 Å². The lowest BCUT2D eigenvalue weighted by atomic mass is 10.2. The van der Waals surface area contributed by atoms with Gasteiger partial charge < -0.3 is 15.2 Å². The maximum absolute atomic E-state index is 11.5. The molecule has 0 radical (unpaired) electrons. The fourth-order valence-electron chi connectivity index (χ4n) is 1.50. The Bertz CT molecular complexity index is 366. The van der Waals surface area contributed by atoms with E-state index in [1.54, 1.807) is 11.8 Å². The third kappa shape index (κ3) is 6.84. The van der Waals surface area contributed by atoms with Crippen LogP contribution in [0.1, 0.15) is 23.4 Å². The van der Waals surface area contributed by atoms with Crippen molar-refractivity contribution in [3.63, 3.8) is 0 Å². The number of hydrogen-bond acceptors (Lipinski definition) is 5. The fraction of sp³-hybridized carbons (Fsp3) is 0.667. The molecule has 2 N–H and O–H groups in total. The van der Waals surface area contributed by atoms with E-state index in [2.05, 4.69) is 15.8 Å². The van der Waals surface area contributed by atoms with E-state index in [-0.39, 0.29) is 18.3 Å². The van der Waals surface area contributed by atoms with E-state index in [4.69, 9.17) is 4.52 Å². The van der Waals surface area contributed by atoms with Gasteiger partial charge >= 0.3 is 0 Å². The predicted octanol–water partition coefficient (Wildman–Crippen LogP) is 1.67. The summed E-state index contributed by atoms with van der Waals surface area (Å²) in [6, 6.07) is 0. The molecule has 0 spiro atoms. The van der Waals surface area contributed by atoms with Gasteiger partial charge in [-0.1, -0.05) is 5.16 Å². The van der Waals surface area contributed by atoms with Crippen LogP contribution in [0.5, 0.6) is 0 Å². The molecule has 1 heterocycles. The quantitative estimate of drug-likeness (QED) is 0.715. The van der Waals surface area contributed by atoms with Gasteiger partial charge in [0.05, 0.1) is 11.4 Å². The number of hydrogen-bond donors (Lipinski definition) is 2. The van der Waals surface area contributed by atoms with Crippen LogP contribution in [0.3, 0.4) is 0 Å². The second-order valence-corrected chi connectivity index (χ2v) is 5.09. The lowest BCUT2D eigenvalue weighted by Gasteiger charge is -2.04. The van der Waals surface area contributed by atoms with Crippen molar-refractivity contribution in [2.24, 2.45) is 0 Å². The molecule has 110 valence electrons. The van der Waals surface area contributed by atoms with Crippen LogP contribution in [-0.4, -0.2) is 37.0 Å². The molecule has 1 aromatic rings. The van der Waals surface area contributed by atoms with Crippen LogP contribution in [0, 0.1) is 13.8 Å². The van der Waals surface area contributed by atoms with Gasteiger partial charge in [0, 0.05) is 17.9 Å². The number of halogens is 1. The van der Waals surface area contributed by atoms with Gasteiger partial charge in [0.2, 0.25) is 5.91 Å². The van der Waals surface area contributed by atoms with Gasteiger partial charge in [0.1, 0.15) is 5.76 Å². The van der Waals surface area contributed by atoms with E-state index in [9.17, 15) is 4.79 Å². The van der Waals surface area contributed by atoms with Crippen LogP contribution in [0.25, 0.3) is 0 Å². The Hall–Kier alpha value is -0.720. The summed E-state index contributed by atoms with van der Waals surface area (Å²) in [5, 5.41) is 9.82. The Morgan fingerprint density at radius 3 is 2.68 bits per heavy atom. The molecule has 0 aromatic carbocycles. The zero-order valence-corrected chi connectivity index (χ0v) is 13.2. The summed E-state index contributed by atoms with van der Waals surface area (Å²) in [6.45, 7) is 5.47. The highest BCUT2D eigenvalue weighted by Gasteiger charge is 2.09. The summed E-state index contributed by atoms with van der Waals surface area (Å²) in [5.74, 6) is 2.17. The van der Waals surface area contributed by atoms with Crippen LogP contribution in [0.2, 0.25) is 0 Å². The zero-order chi connectivity index (χ0) is 13.4. The van der Waals surface area contributed by atoms with E-state index >= 15 is 0 Å². The second-order valence-electron chi connectivity index (χ2n) is 4.10. The number of carbonyl (C=O) groups is 1. The molecule has 1 aromatic heterocycles. The number of carbonyl (C=O) groups excluding carboxylic acids is 1. The third-order valence-corrected chi connectivity index (χ3v) is 3.55. The van der Waals surface area contributed by atoms with E-state index in [0.717, 1.165) is 42.3 Å². The predicted molar refractivity (Wildman–Crippen MR) is 80.9 cm³/mol. The van der Waals surface area contributed by atoms with Crippen molar-refractivity contribution < 1.29 is 9.32 Å². The van der Waals surface area contributed by atoms with Crippen molar-refractivity contribution >= 4 is 30.1 Å². The van der Waals surface area contributed by atoms with E-state index < -0.39 is 0 Å². The number of rotatable bonds is 8. The van der Waals surface area contributed by atoms with Crippen LogP contribution in [0.4, 0.5) is 0 Å². The molecule has 5 nitrogen and oxygen atoms in total. The Labute approximate surface area is 124 Å². The van der Waals surface area contributed by atoms with Crippen molar-refractivity contribution in [3.8, 4) is 0 Å². The molecule has 1 amide bonds. The van der Waals surface area contributed by atoms with Crippen LogP contribution in [-0.2, 0) is 10.5 Å². The maximum Gasteiger partial charge on any atom is 0.230 e. The molecule has 7 heteroatoms. The van der Waals surface area contributed by atoms with Crippen molar-refractivity contribution in [1.82, 2.24) is 15.8 Å². The summed E-state index contributed by atoms with van der Waals surface area (Å²) in [5.41, 5.74) is 2.01. The minimum atomic E-state index is 0. The van der Waals surface area contributed by atoms with Gasteiger partial charge in [0.25, 0.3) is 0 Å². The molecular formula is C12H22ClN3O2S. The van der Waals surface area contributed by atoms with Crippen LogP contribution < -0.4 is 10.6 Å². The Balaban J connectivity index is 0.00000324. The van der Waals surface area contributed by atoms with Crippen molar-refractivity contribution in [3.05, 3.63) is 17.0 Å². The smallest absolute Gasteiger partial charge is 0.230 e. The molecule has 0 unspecified atom stereocenters. The number of nitrogens with zero attached hydrogens (tertiary/aromatic N) is 1. The van der Waals surface area contributed by atoms with Gasteiger partial charge in [0.15, 0.2) is 0 Å². The number of amides is 1. The second kappa shape index (κ2) is 10.1. The summed E-state index contributed by atoms with van der Waals surface area (Å²) in [6.07, 6.45) is 0.955. The van der Waals surface area contributed by atoms with E-state index in [0.29, 0.717) is 5.75 Å². The van der Waals surface area contributed by atoms with E-state index in [1.165, 1.54) is 0 Å². The first-order valence-corrected chi connectivity index (χ1v) is 7.21. The minimum absolute atomic E-state index is 0. The van der Waals surface area contributed by atoms with Crippen molar-refractivity contribution in [1.29, 1.82) is 0 Å². The van der Waals surface area contributed by atoms with Crippen molar-refractivity contribution in [2.45, 2.75) is 26.0 Å². The maximum atomic E-state index is 11.5. The number of aromatic nitrogens is 1. The van der Waals surface area contributed by atoms with Gasteiger partial charge in [-0.15, -0.1) is 24.2 Å². The molecule has 0 saturated carbocycles. The molecular weight excluding hydrogens is 286 g/mol. The monoisotopic (exact) mass is 307 g/mol. The summed E-state index contributed by atoms with van der Waals surface area (Å²) < 4.78 is 5.07. The number of thioether (sulfide) groups is 1. The highest BCUT2D eigenvalue weighted by atomic mass is 35.5. The Morgan fingerprint density at radius 1 is 1.37 bits per heavy atom. The average Bonchev–Trinajstić information content (AvgIpc) is 2.66. The molecule has 0 saturated heterocycles. The van der Waals surface area contributed by atoms with Gasteiger partial charge in [-0.3, -0.25) is 4.79 Å². The lowest BCUT2D eigenvalue weighted by molar-refractivity contribution is -0.118. The highest BCUT2D eigenvalue weighted by molar-refractivity contribution is 7.99. The third-order valence-electron chi connectivity index (χ3n) is 2.59. The molecule has 0 aliphatic carbocycles.